The molecule has 0 aromatic heterocycles. The van der Waals surface area contributed by atoms with Gasteiger partial charge >= 0.3 is 6.18 Å². The van der Waals surface area contributed by atoms with E-state index in [1.54, 1.807) is 29.2 Å². The van der Waals surface area contributed by atoms with Crippen molar-refractivity contribution in [3.8, 4) is 5.75 Å². The number of nitrogens with zero attached hydrogens (tertiary/aromatic N) is 6. The number of fused-ring (bicyclic) bond motifs is 3. The van der Waals surface area contributed by atoms with E-state index in [1.165, 1.54) is 0 Å². The molecule has 3 heterocycles. The van der Waals surface area contributed by atoms with Crippen molar-refractivity contribution in [1.82, 2.24) is 0 Å². The zero-order chi connectivity index (χ0) is 36.0. The molecule has 3 aliphatic heterocycles. The van der Waals surface area contributed by atoms with Crippen molar-refractivity contribution in [2.24, 2.45) is 0 Å². The maximum Gasteiger partial charge on any atom is 0.394 e. The van der Waals surface area contributed by atoms with E-state index in [9.17, 15) is 18.3 Å². The first-order chi connectivity index (χ1) is 25.2. The number of phenols is 1. The molecule has 6 aromatic carbocycles. The largest absolute Gasteiger partial charge is 0.506 e. The molecular formula is C42H32F3IrN6O-5. The Morgan fingerprint density at radius 1 is 0.509 bits per heavy atom. The maximum atomic E-state index is 13.8. The van der Waals surface area contributed by atoms with E-state index in [0.29, 0.717) is 11.4 Å². The molecule has 6 aromatic rings. The quantitative estimate of drug-likeness (QED) is 0.177. The monoisotopic (exact) mass is 886 g/mol. The molecule has 11 heteroatoms. The fourth-order valence-corrected chi connectivity index (χ4v) is 6.57. The predicted molar refractivity (Wildman–Crippen MR) is 201 cm³/mol. The van der Waals surface area contributed by atoms with Crippen molar-refractivity contribution in [1.29, 1.82) is 0 Å². The molecule has 0 saturated carbocycles. The van der Waals surface area contributed by atoms with Crippen LogP contribution in [0.2, 0.25) is 0 Å². The molecule has 0 fully saturated rings. The van der Waals surface area contributed by atoms with Crippen LogP contribution in [-0.4, -0.2) is 19.2 Å². The van der Waals surface area contributed by atoms with Gasteiger partial charge in [-0.2, -0.15) is 56.8 Å². The number of phenolic OH excluding ortho intramolecular Hbond substituents is 1. The van der Waals surface area contributed by atoms with Crippen molar-refractivity contribution in [3.05, 3.63) is 171 Å². The van der Waals surface area contributed by atoms with Gasteiger partial charge in [-0.3, -0.25) is 0 Å². The number of rotatable bonds is 4. The second kappa shape index (κ2) is 14.4. The van der Waals surface area contributed by atoms with Gasteiger partial charge in [0.2, 0.25) is 0 Å². The summed E-state index contributed by atoms with van der Waals surface area (Å²) < 4.78 is 41.3. The molecule has 7 nitrogen and oxygen atoms in total. The van der Waals surface area contributed by atoms with E-state index in [-0.39, 0.29) is 25.9 Å². The fraction of sp³-hybridized carbons (Fsp3) is 0.0714. The zero-order valence-electron chi connectivity index (χ0n) is 28.5. The Morgan fingerprint density at radius 2 is 0.925 bits per heavy atom. The summed E-state index contributed by atoms with van der Waals surface area (Å²) in [6.07, 6.45) is -4.48. The molecule has 9 rings (SSSR count). The molecular weight excluding hydrogens is 854 g/mol. The molecule has 0 saturated heterocycles. The van der Waals surface area contributed by atoms with E-state index in [2.05, 4.69) is 23.1 Å². The molecule has 1 N–H and O–H groups in total. The maximum absolute atomic E-state index is 13.8. The smallest absolute Gasteiger partial charge is 0.394 e. The fourth-order valence-electron chi connectivity index (χ4n) is 6.57. The average Bonchev–Trinajstić information content (AvgIpc) is 3.83. The first kappa shape index (κ1) is 35.7. The third-order valence-electron chi connectivity index (χ3n) is 9.03. The molecule has 0 spiro atoms. The van der Waals surface area contributed by atoms with Gasteiger partial charge in [-0.25, -0.2) is 0 Å². The summed E-state index contributed by atoms with van der Waals surface area (Å²) in [5, 5.41) is 10.2. The molecule has 0 amide bonds. The van der Waals surface area contributed by atoms with Crippen LogP contribution in [0.15, 0.2) is 133 Å². The van der Waals surface area contributed by atoms with Crippen molar-refractivity contribution < 1.29 is 38.4 Å². The number of anilines is 10. The third-order valence-corrected chi connectivity index (χ3v) is 9.03. The zero-order valence-corrected chi connectivity index (χ0v) is 30.9. The number of hydrogen-bond acceptors (Lipinski definition) is 7. The van der Waals surface area contributed by atoms with Crippen LogP contribution >= 0.6 is 0 Å². The van der Waals surface area contributed by atoms with Crippen molar-refractivity contribution in [2.45, 2.75) is 6.18 Å². The summed E-state index contributed by atoms with van der Waals surface area (Å²) in [7, 11) is 3.74. The van der Waals surface area contributed by atoms with E-state index in [4.69, 9.17) is 0 Å². The molecule has 271 valence electrons. The third kappa shape index (κ3) is 6.74. The van der Waals surface area contributed by atoms with Crippen LogP contribution in [-0.2, 0) is 26.3 Å². The number of aromatic hydroxyl groups is 1. The topological polar surface area (TPSA) is 39.7 Å². The standard InChI is InChI=1S/C23H18F3N4.C19H14N2O.Ir/c1-27-14-29(21-9-5-3-7-19(21)27)17-11-16(23(24,25)26)12-18(13-17)30-15-28(2)20-8-4-6-10-22(20)30;22-19-13-7-6-12-18(19)21-14-20(15-8-2-1-3-9-15)16-10-4-5-11-17(16)21;/h3-12,14-15H,1-2H3;1-8,10-14,22H;/q-3;-2;. The van der Waals surface area contributed by atoms with Crippen LogP contribution in [0, 0.1) is 32.1 Å². The SMILES string of the molecule is CN1[CH-]N(c2[c-]c(N3[CH-]N(C)c4ccccc43)cc(C(F)(F)F)c2)c2ccccc21.Oc1ccccc1N1[CH-]N(c2[c-]cccc2)c2ccccc21.[Ir]. The Hall–Kier alpha value is -5.64. The van der Waals surface area contributed by atoms with Crippen LogP contribution in [0.5, 0.6) is 5.75 Å². The van der Waals surface area contributed by atoms with Crippen molar-refractivity contribution >= 4 is 56.9 Å². The molecule has 0 unspecified atom stereocenters. The first-order valence-electron chi connectivity index (χ1n) is 16.5. The minimum absolute atomic E-state index is 0. The number of halogens is 3. The van der Waals surface area contributed by atoms with Crippen LogP contribution in [0.25, 0.3) is 0 Å². The van der Waals surface area contributed by atoms with Gasteiger partial charge in [0.1, 0.15) is 5.75 Å². The van der Waals surface area contributed by atoms with Gasteiger partial charge in [-0.15, -0.1) is 41.9 Å². The van der Waals surface area contributed by atoms with Gasteiger partial charge in [0.05, 0.1) is 5.69 Å². The summed E-state index contributed by atoms with van der Waals surface area (Å²) >= 11 is 0. The summed E-state index contributed by atoms with van der Waals surface area (Å²) in [6.45, 7) is 5.52. The van der Waals surface area contributed by atoms with Crippen LogP contribution < -0.4 is 29.4 Å². The van der Waals surface area contributed by atoms with Gasteiger partial charge in [0.25, 0.3) is 0 Å². The van der Waals surface area contributed by atoms with Crippen molar-refractivity contribution in [2.75, 3.05) is 43.5 Å². The van der Waals surface area contributed by atoms with Gasteiger partial charge in [0.15, 0.2) is 0 Å². The number of hydrogen-bond donors (Lipinski definition) is 1. The van der Waals surface area contributed by atoms with Crippen LogP contribution in [0.4, 0.5) is 70.0 Å². The van der Waals surface area contributed by atoms with E-state index in [1.807, 2.05) is 145 Å². The number of para-hydroxylation sites is 9. The van der Waals surface area contributed by atoms with E-state index < -0.39 is 11.7 Å². The summed E-state index contributed by atoms with van der Waals surface area (Å²) in [5.74, 6) is 0.257. The Labute approximate surface area is 320 Å². The second-order valence-corrected chi connectivity index (χ2v) is 12.4. The minimum Gasteiger partial charge on any atom is -0.506 e. The Kier molecular flexibility index (Phi) is 9.72. The van der Waals surface area contributed by atoms with Crippen LogP contribution in [0.1, 0.15) is 5.56 Å². The second-order valence-electron chi connectivity index (χ2n) is 12.4. The predicted octanol–water partition coefficient (Wildman–Crippen LogP) is 10.5. The van der Waals surface area contributed by atoms with Gasteiger partial charge in [-0.05, 0) is 62.6 Å². The van der Waals surface area contributed by atoms with E-state index >= 15 is 0 Å². The Balaban J connectivity index is 0.000000168. The summed E-state index contributed by atoms with van der Waals surface area (Å²) in [6, 6.07) is 47.2. The Bertz CT molecular complexity index is 2160. The summed E-state index contributed by atoms with van der Waals surface area (Å²) in [5.41, 5.74) is 7.22. The molecule has 0 atom stereocenters. The number of alkyl halides is 3. The normalized spacial score (nSPS) is 14.4. The van der Waals surface area contributed by atoms with Gasteiger partial charge in [0, 0.05) is 54.2 Å². The van der Waals surface area contributed by atoms with Crippen molar-refractivity contribution in [3.63, 3.8) is 0 Å². The molecule has 3 aliphatic rings. The van der Waals surface area contributed by atoms with Gasteiger partial charge < -0.3 is 34.5 Å². The number of benzene rings is 6. The molecule has 0 aliphatic carbocycles. The Morgan fingerprint density at radius 3 is 1.40 bits per heavy atom. The molecule has 53 heavy (non-hydrogen) atoms. The van der Waals surface area contributed by atoms with Crippen LogP contribution in [0.3, 0.4) is 0 Å². The molecule has 1 radical (unpaired) electrons. The molecule has 0 bridgehead atoms. The first-order valence-corrected chi connectivity index (χ1v) is 16.5. The minimum atomic E-state index is -4.48. The summed E-state index contributed by atoms with van der Waals surface area (Å²) in [4.78, 5) is 11.3. The van der Waals surface area contributed by atoms with E-state index in [0.717, 1.165) is 57.6 Å². The van der Waals surface area contributed by atoms with Gasteiger partial charge in [-0.1, -0.05) is 54.1 Å². The average molecular weight is 886 g/mol.